The minimum atomic E-state index is -0.574. The van der Waals surface area contributed by atoms with E-state index in [-0.39, 0.29) is 10.8 Å². The van der Waals surface area contributed by atoms with E-state index < -0.39 is 5.41 Å². The Morgan fingerprint density at radius 1 is 0.348 bits per heavy atom. The van der Waals surface area contributed by atoms with Gasteiger partial charge in [-0.2, -0.15) is 0 Å². The van der Waals surface area contributed by atoms with E-state index >= 15 is 0 Å². The Morgan fingerprint density at radius 3 is 1.26 bits per heavy atom. The van der Waals surface area contributed by atoms with E-state index in [1.165, 1.54) is 165 Å². The molecule has 0 radical (unpaired) electrons. The van der Waals surface area contributed by atoms with E-state index in [1.54, 1.807) is 0 Å². The second-order valence-electron chi connectivity index (χ2n) is 22.4. The van der Waals surface area contributed by atoms with Crippen LogP contribution in [0.5, 0.6) is 11.5 Å². The lowest BCUT2D eigenvalue weighted by atomic mass is 9.65. The molecule has 0 aromatic heterocycles. The van der Waals surface area contributed by atoms with Gasteiger partial charge in [0, 0.05) is 39.0 Å². The number of rotatable bonds is 5. The van der Waals surface area contributed by atoms with Crippen molar-refractivity contribution in [3.8, 4) is 44.9 Å². The molecular weight excluding hydrogens is 835 g/mol. The predicted octanol–water partition coefficient (Wildman–Crippen LogP) is 18.3. The van der Waals surface area contributed by atoms with Gasteiger partial charge >= 0.3 is 0 Å². The standard InChI is InChI=1S/C67H61NO/c1-65(2)55-23-13-11-21-49(55)51-34-29-46(39-58(51)65)68(47-30-35-52-50-22-12-14-24-56(50)66(3,4)59(52)40-47)48-31-36-64-62(41-48)67(57-25-15-16-26-63(57)69-64)60-37-44(42-17-7-5-8-18-42)27-32-53(60)54-33-28-45(38-61(54)67)43-19-9-6-10-20-43/h11-16,21-43H,5-10,17-20H2,1-4H3. The molecule has 2 fully saturated rings. The van der Waals surface area contributed by atoms with Crippen molar-refractivity contribution < 1.29 is 4.74 Å². The number of anilines is 3. The van der Waals surface area contributed by atoms with Crippen molar-refractivity contribution in [3.05, 3.63) is 219 Å². The van der Waals surface area contributed by atoms with Gasteiger partial charge in [0.05, 0.1) is 5.41 Å². The Kier molecular flexibility index (Phi) is 9.09. The molecule has 0 atom stereocenters. The van der Waals surface area contributed by atoms with Crippen LogP contribution in [0.25, 0.3) is 33.4 Å². The Balaban J connectivity index is 1.03. The summed E-state index contributed by atoms with van der Waals surface area (Å²) >= 11 is 0. The molecule has 0 unspecified atom stereocenters. The molecule has 69 heavy (non-hydrogen) atoms. The highest BCUT2D eigenvalue weighted by atomic mass is 16.5. The molecule has 1 heterocycles. The molecule has 5 aliphatic carbocycles. The maximum atomic E-state index is 7.16. The fourth-order valence-corrected chi connectivity index (χ4v) is 14.6. The van der Waals surface area contributed by atoms with Crippen LogP contribution in [-0.4, -0.2) is 0 Å². The number of fused-ring (bicyclic) bond motifs is 15. The van der Waals surface area contributed by atoms with Crippen molar-refractivity contribution in [1.29, 1.82) is 0 Å². The highest BCUT2D eigenvalue weighted by Crippen LogP contribution is 2.64. The van der Waals surface area contributed by atoms with E-state index in [0.717, 1.165) is 17.2 Å². The van der Waals surface area contributed by atoms with Gasteiger partial charge < -0.3 is 9.64 Å². The van der Waals surface area contributed by atoms with E-state index in [2.05, 4.69) is 196 Å². The first-order valence-corrected chi connectivity index (χ1v) is 26.2. The molecule has 0 amide bonds. The first-order valence-electron chi connectivity index (χ1n) is 26.2. The summed E-state index contributed by atoms with van der Waals surface area (Å²) in [6, 6.07) is 64.0. The lowest BCUT2D eigenvalue weighted by Crippen LogP contribution is -2.33. The summed E-state index contributed by atoms with van der Waals surface area (Å²) in [5.74, 6) is 3.08. The summed E-state index contributed by atoms with van der Waals surface area (Å²) in [6.07, 6.45) is 13.0. The second kappa shape index (κ2) is 15.2. The van der Waals surface area contributed by atoms with Gasteiger partial charge in [0.15, 0.2) is 0 Å². The van der Waals surface area contributed by atoms with Crippen LogP contribution in [0.4, 0.5) is 17.1 Å². The third kappa shape index (κ3) is 5.90. The summed E-state index contributed by atoms with van der Waals surface area (Å²) in [6.45, 7) is 9.60. The summed E-state index contributed by atoms with van der Waals surface area (Å²) in [7, 11) is 0. The molecule has 8 aromatic rings. The molecule has 2 nitrogen and oxygen atoms in total. The topological polar surface area (TPSA) is 12.5 Å². The van der Waals surface area contributed by atoms with Crippen LogP contribution in [0, 0.1) is 0 Å². The summed E-state index contributed by atoms with van der Waals surface area (Å²) in [5.41, 5.74) is 24.5. The van der Waals surface area contributed by atoms with Gasteiger partial charge in [-0.25, -0.2) is 0 Å². The zero-order chi connectivity index (χ0) is 46.2. The zero-order valence-corrected chi connectivity index (χ0v) is 40.7. The lowest BCUT2D eigenvalue weighted by molar-refractivity contribution is 0.433. The first-order chi connectivity index (χ1) is 33.7. The summed E-state index contributed by atoms with van der Waals surface area (Å²) < 4.78 is 7.16. The largest absolute Gasteiger partial charge is 0.457 e. The van der Waals surface area contributed by atoms with Crippen LogP contribution in [0.2, 0.25) is 0 Å². The molecule has 6 aliphatic rings. The predicted molar refractivity (Wildman–Crippen MR) is 285 cm³/mol. The molecule has 2 heteroatoms. The second-order valence-corrected chi connectivity index (χ2v) is 22.4. The van der Waals surface area contributed by atoms with E-state index in [9.17, 15) is 0 Å². The van der Waals surface area contributed by atoms with E-state index in [1.807, 2.05) is 0 Å². The van der Waals surface area contributed by atoms with Gasteiger partial charge in [0.1, 0.15) is 11.5 Å². The maximum absolute atomic E-state index is 7.16. The molecule has 1 spiro atoms. The number of benzene rings is 8. The Labute approximate surface area is 409 Å². The van der Waals surface area contributed by atoms with Crippen LogP contribution in [0.1, 0.15) is 159 Å². The molecule has 2 saturated carbocycles. The van der Waals surface area contributed by atoms with Crippen LogP contribution >= 0.6 is 0 Å². The molecular formula is C67H61NO. The highest BCUT2D eigenvalue weighted by molar-refractivity contribution is 5.92. The van der Waals surface area contributed by atoms with Crippen LogP contribution < -0.4 is 9.64 Å². The Bertz CT molecular complexity index is 3230. The molecule has 0 bridgehead atoms. The SMILES string of the molecule is CC1(C)c2ccccc2-c2ccc(N(c3ccc4c(c3)C(C)(C)c3ccccc3-4)c3ccc4c(c3)C3(c5ccccc5O4)c4cc(C5CCCCC5)ccc4-c4ccc(C5CCCCC5)cc43)cc21. The van der Waals surface area contributed by atoms with Crippen LogP contribution in [0.15, 0.2) is 164 Å². The van der Waals surface area contributed by atoms with Crippen LogP contribution in [-0.2, 0) is 16.2 Å². The fourth-order valence-electron chi connectivity index (χ4n) is 14.6. The molecule has 14 rings (SSSR count). The third-order valence-corrected chi connectivity index (χ3v) is 18.1. The number of hydrogen-bond acceptors (Lipinski definition) is 2. The zero-order valence-electron chi connectivity index (χ0n) is 40.7. The molecule has 340 valence electrons. The average molecular weight is 896 g/mol. The monoisotopic (exact) mass is 895 g/mol. The molecule has 0 saturated heterocycles. The maximum Gasteiger partial charge on any atom is 0.132 e. The van der Waals surface area contributed by atoms with Crippen molar-refractivity contribution in [3.63, 3.8) is 0 Å². The average Bonchev–Trinajstić information content (AvgIpc) is 3.91. The number of nitrogens with zero attached hydrogens (tertiary/aromatic N) is 1. The first kappa shape index (κ1) is 41.3. The molecule has 8 aromatic carbocycles. The van der Waals surface area contributed by atoms with Gasteiger partial charge in [0.2, 0.25) is 0 Å². The Hall–Kier alpha value is -6.64. The van der Waals surface area contributed by atoms with Crippen molar-refractivity contribution in [2.45, 2.75) is 120 Å². The van der Waals surface area contributed by atoms with E-state index in [4.69, 9.17) is 4.74 Å². The van der Waals surface area contributed by atoms with Gasteiger partial charge in [-0.3, -0.25) is 0 Å². The van der Waals surface area contributed by atoms with Gasteiger partial charge in [-0.05, 0) is 164 Å². The summed E-state index contributed by atoms with van der Waals surface area (Å²) in [4.78, 5) is 2.56. The lowest BCUT2D eigenvalue weighted by Gasteiger charge is -2.41. The molecule has 1 aliphatic heterocycles. The highest BCUT2D eigenvalue weighted by Gasteiger charge is 2.52. The van der Waals surface area contributed by atoms with Gasteiger partial charge in [0.25, 0.3) is 0 Å². The number of ether oxygens (including phenoxy) is 1. The van der Waals surface area contributed by atoms with Gasteiger partial charge in [-0.1, -0.05) is 181 Å². The van der Waals surface area contributed by atoms with Crippen molar-refractivity contribution in [2.75, 3.05) is 4.90 Å². The minimum Gasteiger partial charge on any atom is -0.457 e. The normalized spacial score (nSPS) is 18.5. The quantitative estimate of drug-likeness (QED) is 0.171. The van der Waals surface area contributed by atoms with E-state index in [0.29, 0.717) is 11.8 Å². The van der Waals surface area contributed by atoms with Crippen molar-refractivity contribution >= 4 is 17.1 Å². The number of para-hydroxylation sites is 1. The number of hydrogen-bond donors (Lipinski definition) is 0. The minimum absolute atomic E-state index is 0.143. The smallest absolute Gasteiger partial charge is 0.132 e. The van der Waals surface area contributed by atoms with Gasteiger partial charge in [-0.15, -0.1) is 0 Å². The van der Waals surface area contributed by atoms with Crippen LogP contribution in [0.3, 0.4) is 0 Å². The van der Waals surface area contributed by atoms with Crippen molar-refractivity contribution in [1.82, 2.24) is 0 Å². The van der Waals surface area contributed by atoms with Crippen molar-refractivity contribution in [2.24, 2.45) is 0 Å². The molecule has 0 N–H and O–H groups in total. The summed E-state index contributed by atoms with van der Waals surface area (Å²) in [5, 5.41) is 0. The third-order valence-electron chi connectivity index (χ3n) is 18.1. The fraction of sp³-hybridized carbons (Fsp3) is 0.284. The Morgan fingerprint density at radius 2 is 0.739 bits per heavy atom.